The summed E-state index contributed by atoms with van der Waals surface area (Å²) in [6, 6.07) is -2.84. The van der Waals surface area contributed by atoms with Gasteiger partial charge in [-0.1, -0.05) is 70.0 Å². The third-order valence-corrected chi connectivity index (χ3v) is 8.22. The zero-order valence-corrected chi connectivity index (χ0v) is 28.4. The SMILES string of the molecule is CC(=O)N1CCC=C1CNC(C(=O)O)C(=S)N[C@@H](CO)CCCCCC[C@H](CO)NCNC(=S)C1N=C(C(=O)CC(C)C)OC1=O. The first-order valence-electron chi connectivity index (χ1n) is 15.7. The Labute approximate surface area is 280 Å². The average molecular weight is 685 g/mol. The Morgan fingerprint density at radius 2 is 1.72 bits per heavy atom. The molecule has 14 nitrogen and oxygen atoms in total. The smallest absolute Gasteiger partial charge is 0.344 e. The van der Waals surface area contributed by atoms with Crippen LogP contribution in [0.2, 0.25) is 0 Å². The number of hydrogen-bond acceptors (Lipinski definition) is 12. The lowest BCUT2D eigenvalue weighted by Gasteiger charge is -2.24. The van der Waals surface area contributed by atoms with Crippen molar-refractivity contribution in [3.05, 3.63) is 11.8 Å². The Balaban J connectivity index is 1.66. The van der Waals surface area contributed by atoms with Crippen LogP contribution in [-0.2, 0) is 23.9 Å². The first-order valence-corrected chi connectivity index (χ1v) is 16.5. The molecule has 0 spiro atoms. The Morgan fingerprint density at radius 3 is 2.30 bits per heavy atom. The number of aliphatic imine (C=N–C) groups is 1. The molecule has 0 aromatic rings. The van der Waals surface area contributed by atoms with Gasteiger partial charge in [0.1, 0.15) is 9.98 Å². The van der Waals surface area contributed by atoms with Gasteiger partial charge in [-0.05, 0) is 25.2 Å². The molecule has 2 aliphatic rings. The molecule has 0 aliphatic carbocycles. The number of aliphatic carboxylic acids is 1. The van der Waals surface area contributed by atoms with Gasteiger partial charge < -0.3 is 35.6 Å². The molecule has 0 aromatic carbocycles. The predicted octanol–water partition coefficient (Wildman–Crippen LogP) is 0.548. The molecule has 2 rings (SSSR count). The van der Waals surface area contributed by atoms with Crippen LogP contribution in [0.1, 0.15) is 72.1 Å². The Morgan fingerprint density at radius 1 is 1.07 bits per heavy atom. The number of carbonyl (C=O) groups is 4. The molecule has 4 atom stereocenters. The molecule has 1 amide bonds. The molecule has 0 aromatic heterocycles. The van der Waals surface area contributed by atoms with E-state index in [1.807, 2.05) is 19.9 Å². The van der Waals surface area contributed by atoms with E-state index >= 15 is 0 Å². The quantitative estimate of drug-likeness (QED) is 0.0361. The highest BCUT2D eigenvalue weighted by Crippen LogP contribution is 2.15. The van der Waals surface area contributed by atoms with Crippen LogP contribution in [0.3, 0.4) is 0 Å². The van der Waals surface area contributed by atoms with Gasteiger partial charge in [0, 0.05) is 44.2 Å². The summed E-state index contributed by atoms with van der Waals surface area (Å²) in [7, 11) is 0. The fraction of sp³-hybridized carbons (Fsp3) is 0.700. The summed E-state index contributed by atoms with van der Waals surface area (Å²) in [6.07, 6.45) is 7.46. The zero-order chi connectivity index (χ0) is 34.2. The second-order valence-electron chi connectivity index (χ2n) is 11.8. The minimum atomic E-state index is -1.16. The topological polar surface area (TPSA) is 202 Å². The number of esters is 1. The minimum Gasteiger partial charge on any atom is -0.480 e. The first kappa shape index (κ1) is 39.3. The summed E-state index contributed by atoms with van der Waals surface area (Å²) in [5, 5.41) is 41.2. The molecule has 2 aliphatic heterocycles. The van der Waals surface area contributed by atoms with Crippen molar-refractivity contribution in [3.63, 3.8) is 0 Å². The van der Waals surface area contributed by atoms with Gasteiger partial charge in [-0.3, -0.25) is 25.0 Å². The van der Waals surface area contributed by atoms with Crippen molar-refractivity contribution in [1.29, 1.82) is 0 Å². The maximum absolute atomic E-state index is 12.1. The molecule has 0 bridgehead atoms. The lowest BCUT2D eigenvalue weighted by Crippen LogP contribution is -2.52. The van der Waals surface area contributed by atoms with Gasteiger partial charge >= 0.3 is 11.9 Å². The van der Waals surface area contributed by atoms with Crippen LogP contribution in [0.4, 0.5) is 0 Å². The lowest BCUT2D eigenvalue weighted by atomic mass is 10.0. The summed E-state index contributed by atoms with van der Waals surface area (Å²) in [6.45, 7) is 5.87. The number of carboxylic acid groups (broad SMARTS) is 1. The molecule has 0 fully saturated rings. The number of cyclic esters (lactones) is 1. The van der Waals surface area contributed by atoms with E-state index in [1.165, 1.54) is 6.92 Å². The van der Waals surface area contributed by atoms with Gasteiger partial charge in [-0.2, -0.15) is 0 Å². The van der Waals surface area contributed by atoms with Crippen LogP contribution in [0.5, 0.6) is 0 Å². The lowest BCUT2D eigenvalue weighted by molar-refractivity contribution is -0.137. The third kappa shape index (κ3) is 13.1. The number of nitrogens with zero attached hydrogens (tertiary/aromatic N) is 2. The monoisotopic (exact) mass is 684 g/mol. The van der Waals surface area contributed by atoms with Crippen LogP contribution >= 0.6 is 24.4 Å². The van der Waals surface area contributed by atoms with E-state index in [0.29, 0.717) is 31.5 Å². The van der Waals surface area contributed by atoms with Gasteiger partial charge in [0.05, 0.1) is 19.9 Å². The molecule has 2 heterocycles. The van der Waals surface area contributed by atoms with E-state index in [1.54, 1.807) is 4.90 Å². The van der Waals surface area contributed by atoms with Gasteiger partial charge in [0.25, 0.3) is 5.90 Å². The molecular weight excluding hydrogens is 636 g/mol. The summed E-state index contributed by atoms with van der Waals surface area (Å²) in [5.41, 5.74) is 0.716. The molecule has 0 saturated carbocycles. The normalized spacial score (nSPS) is 18.0. The number of Topliss-reactive ketones (excluding diaryl/α,β-unsaturated/α-hetero) is 1. The number of nitrogens with one attached hydrogen (secondary N) is 4. The second-order valence-corrected chi connectivity index (χ2v) is 12.6. The highest BCUT2D eigenvalue weighted by Gasteiger charge is 2.35. The molecule has 2 unspecified atom stereocenters. The van der Waals surface area contributed by atoms with Crippen molar-refractivity contribution in [1.82, 2.24) is 26.2 Å². The summed E-state index contributed by atoms with van der Waals surface area (Å²) in [5.74, 6) is -2.39. The van der Waals surface area contributed by atoms with Crippen LogP contribution in [0.25, 0.3) is 0 Å². The molecule has 0 saturated heterocycles. The van der Waals surface area contributed by atoms with Crippen molar-refractivity contribution in [2.75, 3.05) is 33.0 Å². The summed E-state index contributed by atoms with van der Waals surface area (Å²) in [4.78, 5) is 53.7. The van der Waals surface area contributed by atoms with Gasteiger partial charge in [0.2, 0.25) is 17.7 Å². The number of unbranched alkanes of at least 4 members (excludes halogenated alkanes) is 3. The zero-order valence-electron chi connectivity index (χ0n) is 26.8. The van der Waals surface area contributed by atoms with Crippen LogP contribution < -0.4 is 21.3 Å². The number of ketones is 1. The van der Waals surface area contributed by atoms with E-state index < -0.39 is 30.1 Å². The standard InChI is InChI=1S/C30H48N6O8S2/c1-18(2)13-23(40)26-35-25(30(43)44-26)27(45)33-17-32-20(15-37)9-6-4-5-7-10-21(16-38)34-28(46)24(29(41)42)31-14-22-11-8-12-36(22)19(3)39/h11,18,20-21,24-25,31-32,37-38H,4-10,12-17H2,1-3H3,(H,33,45)(H,34,46)(H,41,42)/t20-,21-,24?,25?/m1/s1. The van der Waals surface area contributed by atoms with Gasteiger partial charge in [-0.15, -0.1) is 0 Å². The number of thiocarbonyl (C=S) groups is 2. The first-order chi connectivity index (χ1) is 21.9. The second kappa shape index (κ2) is 20.4. The van der Waals surface area contributed by atoms with Crippen molar-refractivity contribution in [2.24, 2.45) is 10.9 Å². The van der Waals surface area contributed by atoms with E-state index in [9.17, 15) is 34.5 Å². The van der Waals surface area contributed by atoms with E-state index in [0.717, 1.165) is 25.7 Å². The molecule has 258 valence electrons. The van der Waals surface area contributed by atoms with Crippen molar-refractivity contribution >= 4 is 63.9 Å². The molecule has 46 heavy (non-hydrogen) atoms. The van der Waals surface area contributed by atoms with Crippen LogP contribution in [0, 0.1) is 5.92 Å². The summed E-state index contributed by atoms with van der Waals surface area (Å²) < 4.78 is 5.00. The van der Waals surface area contributed by atoms with Crippen LogP contribution in [-0.4, -0.2) is 117 Å². The number of ether oxygens (including phenoxy) is 1. The minimum absolute atomic E-state index is 0.0705. The average Bonchev–Trinajstić information content (AvgIpc) is 3.63. The molecule has 16 heteroatoms. The molecule has 7 N–H and O–H groups in total. The van der Waals surface area contributed by atoms with Crippen molar-refractivity contribution in [2.45, 2.75) is 96.3 Å². The predicted molar refractivity (Wildman–Crippen MR) is 180 cm³/mol. The van der Waals surface area contributed by atoms with E-state index in [4.69, 9.17) is 29.2 Å². The number of carboxylic acids is 1. The van der Waals surface area contributed by atoms with Crippen molar-refractivity contribution < 1.29 is 39.2 Å². The number of amides is 1. The Kier molecular flexibility index (Phi) is 17.4. The molecular formula is C30H48N6O8S2. The summed E-state index contributed by atoms with van der Waals surface area (Å²) >= 11 is 10.6. The maximum atomic E-state index is 12.1. The number of aliphatic hydroxyl groups excluding tert-OH is 2. The van der Waals surface area contributed by atoms with Crippen LogP contribution in [0.15, 0.2) is 16.8 Å². The van der Waals surface area contributed by atoms with Gasteiger partial charge in [0.15, 0.2) is 6.04 Å². The van der Waals surface area contributed by atoms with E-state index in [2.05, 4.69) is 26.3 Å². The number of aliphatic hydroxyl groups is 2. The number of hydrogen-bond donors (Lipinski definition) is 7. The van der Waals surface area contributed by atoms with E-state index in [-0.39, 0.29) is 72.4 Å². The third-order valence-electron chi connectivity index (χ3n) is 7.50. The number of rotatable bonds is 22. The Hall–Kier alpha value is -2.89. The highest BCUT2D eigenvalue weighted by molar-refractivity contribution is 7.80. The highest BCUT2D eigenvalue weighted by atomic mass is 32.1. The Bertz CT molecular complexity index is 1160. The number of carbonyl (C=O) groups excluding carboxylic acids is 3. The molecule has 0 radical (unpaired) electrons. The maximum Gasteiger partial charge on any atom is 0.344 e. The fourth-order valence-corrected chi connectivity index (χ4v) is 5.58. The van der Waals surface area contributed by atoms with Crippen molar-refractivity contribution in [3.8, 4) is 0 Å². The largest absolute Gasteiger partial charge is 0.480 e. The van der Waals surface area contributed by atoms with Gasteiger partial charge in [-0.25, -0.2) is 9.79 Å². The fourth-order valence-electron chi connectivity index (χ4n) is 5.01.